The summed E-state index contributed by atoms with van der Waals surface area (Å²) >= 11 is 0. The molecular formula is C24H21N3O2. The van der Waals surface area contributed by atoms with E-state index in [0.29, 0.717) is 11.3 Å². The molecule has 0 saturated carbocycles. The summed E-state index contributed by atoms with van der Waals surface area (Å²) in [5.41, 5.74) is 5.93. The number of nitrogens with one attached hydrogen (secondary N) is 1. The number of aromatic nitrogens is 1. The molecule has 3 aromatic carbocycles. The highest BCUT2D eigenvalue weighted by Gasteiger charge is 2.11. The van der Waals surface area contributed by atoms with Gasteiger partial charge in [0.25, 0.3) is 5.91 Å². The number of fused-ring (bicyclic) bond motifs is 1. The van der Waals surface area contributed by atoms with Gasteiger partial charge in [0.05, 0.1) is 24.6 Å². The van der Waals surface area contributed by atoms with Gasteiger partial charge < -0.3 is 9.30 Å². The molecule has 0 atom stereocenters. The Morgan fingerprint density at radius 1 is 1.00 bits per heavy atom. The van der Waals surface area contributed by atoms with E-state index in [1.54, 1.807) is 19.4 Å². The number of aryl methyl sites for hydroxylation is 1. The van der Waals surface area contributed by atoms with E-state index in [2.05, 4.69) is 40.9 Å². The second-order valence-electron chi connectivity index (χ2n) is 6.74. The Kier molecular flexibility index (Phi) is 5.12. The smallest absolute Gasteiger partial charge is 0.275 e. The number of amides is 1. The average Bonchev–Trinajstić information content (AvgIpc) is 3.21. The first-order chi connectivity index (χ1) is 14.2. The molecule has 0 spiro atoms. The normalized spacial score (nSPS) is 11.1. The monoisotopic (exact) mass is 383 g/mol. The second-order valence-corrected chi connectivity index (χ2v) is 6.74. The summed E-state index contributed by atoms with van der Waals surface area (Å²) in [5.74, 6) is 0.208. The fourth-order valence-corrected chi connectivity index (χ4v) is 3.26. The molecule has 0 radical (unpaired) electrons. The van der Waals surface area contributed by atoms with Crippen molar-refractivity contribution in [2.45, 2.75) is 6.92 Å². The molecule has 4 aromatic rings. The standard InChI is InChI=1S/C24H21N3O2/c1-17-9-12-22(23(14-17)29-2)24(28)26-25-16-21-8-5-13-27(21)20-11-10-18-6-3-4-7-19(18)15-20/h3-16H,1-2H3,(H,26,28)/b25-16+. The van der Waals surface area contributed by atoms with Crippen LogP contribution in [-0.2, 0) is 0 Å². The van der Waals surface area contributed by atoms with Crippen LogP contribution in [0, 0.1) is 6.92 Å². The molecule has 1 N–H and O–H groups in total. The first-order valence-electron chi connectivity index (χ1n) is 9.30. The molecule has 0 aliphatic rings. The van der Waals surface area contributed by atoms with Crippen LogP contribution in [0.1, 0.15) is 21.6 Å². The van der Waals surface area contributed by atoms with Crippen LogP contribution < -0.4 is 10.2 Å². The summed E-state index contributed by atoms with van der Waals surface area (Å²) in [6, 6.07) is 23.8. The van der Waals surface area contributed by atoms with E-state index in [4.69, 9.17) is 4.74 Å². The molecule has 1 amide bonds. The lowest BCUT2D eigenvalue weighted by molar-refractivity contribution is 0.0952. The summed E-state index contributed by atoms with van der Waals surface area (Å²) in [5, 5.41) is 6.50. The molecule has 1 heterocycles. The minimum absolute atomic E-state index is 0.318. The van der Waals surface area contributed by atoms with Crippen LogP contribution in [0.4, 0.5) is 0 Å². The number of hydrogen-bond acceptors (Lipinski definition) is 3. The van der Waals surface area contributed by atoms with E-state index in [-0.39, 0.29) is 5.91 Å². The van der Waals surface area contributed by atoms with Gasteiger partial charge in [0.1, 0.15) is 5.75 Å². The van der Waals surface area contributed by atoms with Crippen LogP contribution in [0.25, 0.3) is 16.5 Å². The zero-order valence-electron chi connectivity index (χ0n) is 16.3. The van der Waals surface area contributed by atoms with Crippen LogP contribution in [0.15, 0.2) is 84.1 Å². The van der Waals surface area contributed by atoms with E-state index in [1.165, 1.54) is 10.8 Å². The van der Waals surface area contributed by atoms with Gasteiger partial charge in [-0.1, -0.05) is 36.4 Å². The summed E-state index contributed by atoms with van der Waals surface area (Å²) in [4.78, 5) is 12.5. The lowest BCUT2D eigenvalue weighted by Gasteiger charge is -2.09. The van der Waals surface area contributed by atoms with Crippen LogP contribution in [-0.4, -0.2) is 23.8 Å². The molecule has 5 heteroatoms. The quantitative estimate of drug-likeness (QED) is 0.401. The van der Waals surface area contributed by atoms with E-state index < -0.39 is 0 Å². The Labute approximate surface area is 169 Å². The molecule has 0 aliphatic carbocycles. The van der Waals surface area contributed by atoms with Gasteiger partial charge >= 0.3 is 0 Å². The first kappa shape index (κ1) is 18.5. The number of rotatable bonds is 5. The highest BCUT2D eigenvalue weighted by Crippen LogP contribution is 2.21. The lowest BCUT2D eigenvalue weighted by Crippen LogP contribution is -2.18. The Bertz CT molecular complexity index is 1210. The van der Waals surface area contributed by atoms with Gasteiger partial charge in [0.2, 0.25) is 0 Å². The summed E-state index contributed by atoms with van der Waals surface area (Å²) in [7, 11) is 1.55. The van der Waals surface area contributed by atoms with E-state index in [0.717, 1.165) is 16.9 Å². The number of benzene rings is 3. The fourth-order valence-electron chi connectivity index (χ4n) is 3.26. The van der Waals surface area contributed by atoms with Gasteiger partial charge in [-0.05, 0) is 59.7 Å². The largest absolute Gasteiger partial charge is 0.496 e. The van der Waals surface area contributed by atoms with Crippen molar-refractivity contribution in [3.05, 3.63) is 95.8 Å². The van der Waals surface area contributed by atoms with Crippen molar-refractivity contribution in [2.24, 2.45) is 5.10 Å². The fraction of sp³-hybridized carbons (Fsp3) is 0.0833. The van der Waals surface area contributed by atoms with Crippen LogP contribution >= 0.6 is 0 Å². The third-order valence-corrected chi connectivity index (χ3v) is 4.76. The lowest BCUT2D eigenvalue weighted by atomic mass is 10.1. The molecule has 144 valence electrons. The number of carbonyl (C=O) groups is 1. The highest BCUT2D eigenvalue weighted by atomic mass is 16.5. The second kappa shape index (κ2) is 8.02. The molecule has 0 fully saturated rings. The molecule has 0 aliphatic heterocycles. The SMILES string of the molecule is COc1cc(C)ccc1C(=O)N/N=C/c1cccn1-c1ccc2ccccc2c1. The Balaban J connectivity index is 1.54. The van der Waals surface area contributed by atoms with E-state index in [1.807, 2.05) is 54.1 Å². The molecule has 29 heavy (non-hydrogen) atoms. The number of carbonyl (C=O) groups excluding carboxylic acids is 1. The predicted molar refractivity (Wildman–Crippen MR) is 116 cm³/mol. The van der Waals surface area contributed by atoms with Crippen molar-refractivity contribution in [3.8, 4) is 11.4 Å². The zero-order chi connectivity index (χ0) is 20.2. The minimum Gasteiger partial charge on any atom is -0.496 e. The van der Waals surface area contributed by atoms with Gasteiger partial charge in [-0.2, -0.15) is 5.10 Å². The van der Waals surface area contributed by atoms with Gasteiger partial charge in [-0.15, -0.1) is 0 Å². The number of ether oxygens (including phenoxy) is 1. The van der Waals surface area contributed by atoms with E-state index >= 15 is 0 Å². The van der Waals surface area contributed by atoms with Crippen LogP contribution in [0.2, 0.25) is 0 Å². The summed E-state index contributed by atoms with van der Waals surface area (Å²) in [6.45, 7) is 1.95. The number of nitrogens with zero attached hydrogens (tertiary/aromatic N) is 2. The maximum atomic E-state index is 12.5. The molecule has 0 saturated heterocycles. The topological polar surface area (TPSA) is 55.6 Å². The number of hydrogen-bond donors (Lipinski definition) is 1. The minimum atomic E-state index is -0.318. The van der Waals surface area contributed by atoms with Gasteiger partial charge in [0, 0.05) is 11.9 Å². The zero-order valence-corrected chi connectivity index (χ0v) is 16.3. The third kappa shape index (κ3) is 3.89. The highest BCUT2D eigenvalue weighted by molar-refractivity contribution is 5.97. The molecule has 4 rings (SSSR count). The Morgan fingerprint density at radius 2 is 1.83 bits per heavy atom. The number of methoxy groups -OCH3 is 1. The van der Waals surface area contributed by atoms with Gasteiger partial charge in [0.15, 0.2) is 0 Å². The molecule has 0 bridgehead atoms. The van der Waals surface area contributed by atoms with Crippen molar-refractivity contribution in [3.63, 3.8) is 0 Å². The molecule has 1 aromatic heterocycles. The predicted octanol–water partition coefficient (Wildman–Crippen LogP) is 4.71. The molecule has 5 nitrogen and oxygen atoms in total. The van der Waals surface area contributed by atoms with Crippen molar-refractivity contribution in [2.75, 3.05) is 7.11 Å². The van der Waals surface area contributed by atoms with Crippen molar-refractivity contribution in [1.82, 2.24) is 9.99 Å². The first-order valence-corrected chi connectivity index (χ1v) is 9.30. The van der Waals surface area contributed by atoms with Crippen LogP contribution in [0.3, 0.4) is 0 Å². The van der Waals surface area contributed by atoms with Gasteiger partial charge in [-0.3, -0.25) is 4.79 Å². The Hall–Kier alpha value is -3.86. The molecule has 0 unspecified atom stereocenters. The molecular weight excluding hydrogens is 362 g/mol. The average molecular weight is 383 g/mol. The maximum Gasteiger partial charge on any atom is 0.275 e. The maximum absolute atomic E-state index is 12.5. The van der Waals surface area contributed by atoms with Crippen molar-refractivity contribution >= 4 is 22.9 Å². The number of hydrazone groups is 1. The summed E-state index contributed by atoms with van der Waals surface area (Å²) < 4.78 is 7.32. The van der Waals surface area contributed by atoms with Crippen molar-refractivity contribution < 1.29 is 9.53 Å². The van der Waals surface area contributed by atoms with E-state index in [9.17, 15) is 4.79 Å². The van der Waals surface area contributed by atoms with Crippen molar-refractivity contribution in [1.29, 1.82) is 0 Å². The summed E-state index contributed by atoms with van der Waals surface area (Å²) in [6.07, 6.45) is 3.60. The van der Waals surface area contributed by atoms with Crippen LogP contribution in [0.5, 0.6) is 5.75 Å². The third-order valence-electron chi connectivity index (χ3n) is 4.76. The Morgan fingerprint density at radius 3 is 2.66 bits per heavy atom. The van der Waals surface area contributed by atoms with Gasteiger partial charge in [-0.25, -0.2) is 5.43 Å².